The predicted octanol–water partition coefficient (Wildman–Crippen LogP) is 12.1. The van der Waals surface area contributed by atoms with Crippen molar-refractivity contribution in [3.63, 3.8) is 0 Å². The molecule has 43 heavy (non-hydrogen) atoms. The van der Waals surface area contributed by atoms with Crippen molar-refractivity contribution in [3.8, 4) is 17.1 Å². The Morgan fingerprint density at radius 1 is 0.558 bits per heavy atom. The molecule has 1 aromatic heterocycles. The monoisotopic (exact) mass is 595 g/mol. The Labute approximate surface area is 266 Å². The van der Waals surface area contributed by atoms with E-state index in [0.717, 1.165) is 49.6 Å². The summed E-state index contributed by atoms with van der Waals surface area (Å²) in [4.78, 5) is 9.25. The van der Waals surface area contributed by atoms with Gasteiger partial charge in [-0.15, -0.1) is 0 Å². The van der Waals surface area contributed by atoms with Crippen LogP contribution in [0.2, 0.25) is 0 Å². The zero-order valence-electron chi connectivity index (χ0n) is 28.4. The first-order valence-corrected chi connectivity index (χ1v) is 18.4. The van der Waals surface area contributed by atoms with Crippen molar-refractivity contribution >= 4 is 0 Å². The summed E-state index contributed by atoms with van der Waals surface area (Å²) in [5.41, 5.74) is 2.28. The summed E-state index contributed by atoms with van der Waals surface area (Å²) in [5, 5.41) is 0. The van der Waals surface area contributed by atoms with Crippen LogP contribution in [0.3, 0.4) is 0 Å². The van der Waals surface area contributed by atoms with Gasteiger partial charge in [0.2, 0.25) is 0 Å². The molecule has 4 nitrogen and oxygen atoms in total. The van der Waals surface area contributed by atoms with Crippen molar-refractivity contribution in [1.29, 1.82) is 0 Å². The quantitative estimate of drug-likeness (QED) is 0.0879. The summed E-state index contributed by atoms with van der Waals surface area (Å²) < 4.78 is 12.0. The molecule has 0 N–H and O–H groups in total. The molecule has 1 heterocycles. The average Bonchev–Trinajstić information content (AvgIpc) is 3.03. The van der Waals surface area contributed by atoms with E-state index in [1.54, 1.807) is 0 Å². The van der Waals surface area contributed by atoms with Crippen LogP contribution in [-0.2, 0) is 11.2 Å². The SMILES string of the molecule is CCCCCCCCCCCCOC(C)CCCCCOc1ccc(-c2ncc(CCCCCCCCCC)cn2)cc1. The van der Waals surface area contributed by atoms with Crippen LogP contribution in [0, 0.1) is 0 Å². The Kier molecular flexibility index (Phi) is 22.9. The number of hydrogen-bond donors (Lipinski definition) is 0. The van der Waals surface area contributed by atoms with E-state index in [1.807, 2.05) is 24.5 Å². The Hall–Kier alpha value is -1.94. The van der Waals surface area contributed by atoms with Crippen molar-refractivity contribution < 1.29 is 9.47 Å². The molecule has 0 saturated heterocycles. The molecule has 0 bridgehead atoms. The Bertz CT molecular complexity index is 868. The van der Waals surface area contributed by atoms with E-state index < -0.39 is 0 Å². The molecule has 0 aliphatic carbocycles. The summed E-state index contributed by atoms with van der Waals surface area (Å²) in [6.07, 6.45) is 34.6. The fourth-order valence-corrected chi connectivity index (χ4v) is 5.65. The molecule has 0 spiro atoms. The minimum Gasteiger partial charge on any atom is -0.494 e. The van der Waals surface area contributed by atoms with Crippen molar-refractivity contribution in [2.24, 2.45) is 0 Å². The molecule has 0 aliphatic rings. The second kappa shape index (κ2) is 26.5. The van der Waals surface area contributed by atoms with Gasteiger partial charge in [-0.2, -0.15) is 0 Å². The van der Waals surface area contributed by atoms with Crippen LogP contribution in [-0.4, -0.2) is 29.3 Å². The van der Waals surface area contributed by atoms with Crippen LogP contribution in [0.1, 0.15) is 168 Å². The number of aryl methyl sites for hydroxylation is 1. The molecule has 1 aromatic carbocycles. The van der Waals surface area contributed by atoms with E-state index in [-0.39, 0.29) is 0 Å². The molecule has 1 unspecified atom stereocenters. The van der Waals surface area contributed by atoms with Crippen LogP contribution in [0.25, 0.3) is 11.4 Å². The van der Waals surface area contributed by atoms with E-state index in [9.17, 15) is 0 Å². The lowest BCUT2D eigenvalue weighted by molar-refractivity contribution is 0.0555. The van der Waals surface area contributed by atoms with Crippen LogP contribution in [0.15, 0.2) is 36.7 Å². The molecule has 0 fully saturated rings. The maximum Gasteiger partial charge on any atom is 0.159 e. The van der Waals surface area contributed by atoms with Gasteiger partial charge in [0.25, 0.3) is 0 Å². The topological polar surface area (TPSA) is 44.2 Å². The summed E-state index contributed by atoms with van der Waals surface area (Å²) in [5.74, 6) is 1.71. The van der Waals surface area contributed by atoms with Crippen molar-refractivity contribution in [3.05, 3.63) is 42.2 Å². The molecular weight excluding hydrogens is 528 g/mol. The largest absolute Gasteiger partial charge is 0.494 e. The van der Waals surface area contributed by atoms with Gasteiger partial charge in [0.1, 0.15) is 5.75 Å². The van der Waals surface area contributed by atoms with Gasteiger partial charge in [0, 0.05) is 24.6 Å². The first-order valence-electron chi connectivity index (χ1n) is 18.4. The number of ether oxygens (including phenoxy) is 2. The summed E-state index contributed by atoms with van der Waals surface area (Å²) in [6.45, 7) is 8.47. The third-order valence-electron chi connectivity index (χ3n) is 8.56. The molecule has 0 aliphatic heterocycles. The summed E-state index contributed by atoms with van der Waals surface area (Å²) in [7, 11) is 0. The standard InChI is InChI=1S/C39H66N2O2/c1-4-6-8-10-12-14-15-17-19-23-31-42-35(3)25-21-20-24-32-43-38-29-27-37(28-30-38)39-40-33-36(34-41-39)26-22-18-16-13-11-9-7-5-2/h27-30,33-35H,4-26,31-32H2,1-3H3. The van der Waals surface area contributed by atoms with Gasteiger partial charge in [-0.1, -0.05) is 123 Å². The number of rotatable bonds is 29. The Morgan fingerprint density at radius 3 is 1.63 bits per heavy atom. The second-order valence-corrected chi connectivity index (χ2v) is 12.7. The third kappa shape index (κ3) is 19.9. The lowest BCUT2D eigenvalue weighted by atomic mass is 10.1. The lowest BCUT2D eigenvalue weighted by Crippen LogP contribution is -2.09. The van der Waals surface area contributed by atoms with Gasteiger partial charge in [-0.3, -0.25) is 0 Å². The van der Waals surface area contributed by atoms with Gasteiger partial charge < -0.3 is 9.47 Å². The molecule has 1 atom stereocenters. The van der Waals surface area contributed by atoms with E-state index in [0.29, 0.717) is 6.10 Å². The van der Waals surface area contributed by atoms with Crippen LogP contribution < -0.4 is 4.74 Å². The second-order valence-electron chi connectivity index (χ2n) is 12.7. The first-order chi connectivity index (χ1) is 21.2. The van der Waals surface area contributed by atoms with E-state index in [4.69, 9.17) is 9.47 Å². The maximum absolute atomic E-state index is 6.04. The Morgan fingerprint density at radius 2 is 1.05 bits per heavy atom. The molecule has 0 saturated carbocycles. The van der Waals surface area contributed by atoms with Gasteiger partial charge in [-0.05, 0) is 75.3 Å². The number of nitrogens with zero attached hydrogens (tertiary/aromatic N) is 2. The molecule has 0 radical (unpaired) electrons. The first kappa shape index (κ1) is 37.2. The fourth-order valence-electron chi connectivity index (χ4n) is 5.65. The number of benzene rings is 1. The Balaban J connectivity index is 1.45. The third-order valence-corrected chi connectivity index (χ3v) is 8.56. The van der Waals surface area contributed by atoms with Crippen molar-refractivity contribution in [1.82, 2.24) is 9.97 Å². The predicted molar refractivity (Wildman–Crippen MR) is 185 cm³/mol. The van der Waals surface area contributed by atoms with Crippen LogP contribution in [0.5, 0.6) is 5.75 Å². The smallest absolute Gasteiger partial charge is 0.159 e. The zero-order valence-corrected chi connectivity index (χ0v) is 28.4. The molecule has 0 amide bonds. The number of aromatic nitrogens is 2. The van der Waals surface area contributed by atoms with Gasteiger partial charge in [-0.25, -0.2) is 9.97 Å². The van der Waals surface area contributed by atoms with Crippen LogP contribution in [0.4, 0.5) is 0 Å². The maximum atomic E-state index is 6.04. The number of hydrogen-bond acceptors (Lipinski definition) is 4. The van der Waals surface area contributed by atoms with E-state index in [2.05, 4.69) is 42.9 Å². The molecule has 244 valence electrons. The molecular formula is C39H66N2O2. The van der Waals surface area contributed by atoms with Crippen LogP contribution >= 0.6 is 0 Å². The highest BCUT2D eigenvalue weighted by atomic mass is 16.5. The molecule has 4 heteroatoms. The van der Waals surface area contributed by atoms with Gasteiger partial charge in [0.05, 0.1) is 12.7 Å². The van der Waals surface area contributed by atoms with E-state index in [1.165, 1.54) is 134 Å². The zero-order chi connectivity index (χ0) is 30.6. The minimum absolute atomic E-state index is 0.369. The normalized spacial score (nSPS) is 12.1. The van der Waals surface area contributed by atoms with Gasteiger partial charge in [0.15, 0.2) is 5.82 Å². The number of unbranched alkanes of at least 4 members (excludes halogenated alkanes) is 18. The molecule has 2 aromatic rings. The highest BCUT2D eigenvalue weighted by molar-refractivity contribution is 5.55. The minimum atomic E-state index is 0.369. The average molecular weight is 595 g/mol. The fraction of sp³-hybridized carbons (Fsp3) is 0.744. The summed E-state index contributed by atoms with van der Waals surface area (Å²) >= 11 is 0. The highest BCUT2D eigenvalue weighted by Crippen LogP contribution is 2.20. The van der Waals surface area contributed by atoms with Crippen molar-refractivity contribution in [2.75, 3.05) is 13.2 Å². The van der Waals surface area contributed by atoms with E-state index >= 15 is 0 Å². The molecule has 2 rings (SSSR count). The van der Waals surface area contributed by atoms with Gasteiger partial charge >= 0.3 is 0 Å². The lowest BCUT2D eigenvalue weighted by Gasteiger charge is -2.13. The summed E-state index contributed by atoms with van der Waals surface area (Å²) in [6, 6.07) is 8.21. The van der Waals surface area contributed by atoms with Crippen molar-refractivity contribution in [2.45, 2.75) is 175 Å². The highest BCUT2D eigenvalue weighted by Gasteiger charge is 2.05.